The van der Waals surface area contributed by atoms with E-state index in [4.69, 9.17) is 4.74 Å². The summed E-state index contributed by atoms with van der Waals surface area (Å²) in [5.74, 6) is -0.848. The molecule has 0 radical (unpaired) electrons. The third kappa shape index (κ3) is 2.30. The number of hydrogen-bond donors (Lipinski definition) is 0. The highest BCUT2D eigenvalue weighted by Crippen LogP contribution is 2.10. The molecule has 1 aromatic carbocycles. The molecule has 17 heavy (non-hydrogen) atoms. The summed E-state index contributed by atoms with van der Waals surface area (Å²) in [7, 11) is 0. The van der Waals surface area contributed by atoms with Crippen LogP contribution in [0, 0.1) is 5.82 Å². The molecule has 0 aliphatic rings. The number of aromatic nitrogens is 3. The minimum absolute atomic E-state index is 0.0680. The van der Waals surface area contributed by atoms with Gasteiger partial charge in [0.05, 0.1) is 12.3 Å². The van der Waals surface area contributed by atoms with Crippen molar-refractivity contribution in [2.24, 2.45) is 0 Å². The normalized spacial score (nSPS) is 10.2. The summed E-state index contributed by atoms with van der Waals surface area (Å²) in [6.07, 6.45) is 1.25. The van der Waals surface area contributed by atoms with Crippen LogP contribution in [0.2, 0.25) is 0 Å². The predicted molar refractivity (Wildman–Crippen MR) is 57.3 cm³/mol. The monoisotopic (exact) mass is 235 g/mol. The summed E-state index contributed by atoms with van der Waals surface area (Å²) in [5.41, 5.74) is 0.548. The van der Waals surface area contributed by atoms with Crippen molar-refractivity contribution in [3.8, 4) is 5.69 Å². The molecule has 2 rings (SSSR count). The number of rotatable bonds is 3. The van der Waals surface area contributed by atoms with E-state index in [1.54, 1.807) is 6.92 Å². The average Bonchev–Trinajstić information content (AvgIpc) is 2.79. The molecule has 0 spiro atoms. The highest BCUT2D eigenvalue weighted by Gasteiger charge is 2.16. The van der Waals surface area contributed by atoms with Crippen LogP contribution in [0.25, 0.3) is 5.69 Å². The number of carbonyl (C=O) groups excluding carboxylic acids is 1. The molecule has 2 aromatic rings. The van der Waals surface area contributed by atoms with Crippen molar-refractivity contribution in [1.29, 1.82) is 0 Å². The molecule has 6 heteroatoms. The zero-order chi connectivity index (χ0) is 12.3. The molecule has 0 saturated heterocycles. The number of benzene rings is 1. The fraction of sp³-hybridized carbons (Fsp3) is 0.182. The number of halogens is 1. The van der Waals surface area contributed by atoms with E-state index >= 15 is 0 Å². The molecular weight excluding hydrogens is 225 g/mol. The van der Waals surface area contributed by atoms with E-state index in [0.29, 0.717) is 5.69 Å². The van der Waals surface area contributed by atoms with Crippen LogP contribution >= 0.6 is 0 Å². The quantitative estimate of drug-likeness (QED) is 0.758. The standard InChI is InChI=1S/C11H10FN3O2/c1-2-17-11(16)10-13-7-14-15(10)9-5-3-8(12)4-6-9/h3-7H,2H2,1H3. The fourth-order valence-electron chi connectivity index (χ4n) is 1.35. The molecule has 5 nitrogen and oxygen atoms in total. The molecular formula is C11H10FN3O2. The predicted octanol–water partition coefficient (Wildman–Crippen LogP) is 1.58. The van der Waals surface area contributed by atoms with Crippen LogP contribution in [0.1, 0.15) is 17.5 Å². The highest BCUT2D eigenvalue weighted by atomic mass is 19.1. The number of carbonyl (C=O) groups is 1. The van der Waals surface area contributed by atoms with Gasteiger partial charge in [0.2, 0.25) is 5.82 Å². The van der Waals surface area contributed by atoms with Crippen LogP contribution < -0.4 is 0 Å². The first kappa shape index (κ1) is 11.3. The van der Waals surface area contributed by atoms with Gasteiger partial charge in [0.1, 0.15) is 12.1 Å². The van der Waals surface area contributed by atoms with Gasteiger partial charge in [-0.05, 0) is 31.2 Å². The van der Waals surface area contributed by atoms with Gasteiger partial charge < -0.3 is 4.74 Å². The Labute approximate surface area is 96.9 Å². The molecule has 1 heterocycles. The molecule has 0 bridgehead atoms. The third-order valence-corrected chi connectivity index (χ3v) is 2.08. The topological polar surface area (TPSA) is 57.0 Å². The Morgan fingerprint density at radius 2 is 2.12 bits per heavy atom. The largest absolute Gasteiger partial charge is 0.460 e. The Morgan fingerprint density at radius 3 is 2.76 bits per heavy atom. The van der Waals surface area contributed by atoms with Crippen LogP contribution in [0.5, 0.6) is 0 Å². The van der Waals surface area contributed by atoms with Crippen LogP contribution in [0.15, 0.2) is 30.6 Å². The van der Waals surface area contributed by atoms with Crippen LogP contribution in [-0.2, 0) is 4.74 Å². The van der Waals surface area contributed by atoms with Crippen molar-refractivity contribution in [1.82, 2.24) is 14.8 Å². The molecule has 0 aliphatic heterocycles. The molecule has 0 unspecified atom stereocenters. The summed E-state index contributed by atoms with van der Waals surface area (Å²) >= 11 is 0. The minimum Gasteiger partial charge on any atom is -0.460 e. The van der Waals surface area contributed by atoms with E-state index in [-0.39, 0.29) is 18.2 Å². The van der Waals surface area contributed by atoms with Crippen LogP contribution in [0.3, 0.4) is 0 Å². The molecule has 0 saturated carbocycles. The van der Waals surface area contributed by atoms with Gasteiger partial charge in [0.25, 0.3) is 0 Å². The van der Waals surface area contributed by atoms with Crippen molar-refractivity contribution < 1.29 is 13.9 Å². The summed E-state index contributed by atoms with van der Waals surface area (Å²) in [5, 5.41) is 3.90. The third-order valence-electron chi connectivity index (χ3n) is 2.08. The molecule has 1 aromatic heterocycles. The van der Waals surface area contributed by atoms with Gasteiger partial charge in [-0.15, -0.1) is 0 Å². The zero-order valence-electron chi connectivity index (χ0n) is 9.13. The van der Waals surface area contributed by atoms with Crippen LogP contribution in [-0.4, -0.2) is 27.3 Å². The van der Waals surface area contributed by atoms with Crippen molar-refractivity contribution in [3.05, 3.63) is 42.2 Å². The van der Waals surface area contributed by atoms with Gasteiger partial charge in [0, 0.05) is 0 Å². The van der Waals surface area contributed by atoms with E-state index in [1.807, 2.05) is 0 Å². The van der Waals surface area contributed by atoms with E-state index in [0.717, 1.165) is 0 Å². The lowest BCUT2D eigenvalue weighted by atomic mass is 10.3. The fourth-order valence-corrected chi connectivity index (χ4v) is 1.35. The second-order valence-electron chi connectivity index (χ2n) is 3.19. The van der Waals surface area contributed by atoms with Gasteiger partial charge in [-0.2, -0.15) is 5.10 Å². The van der Waals surface area contributed by atoms with Gasteiger partial charge in [-0.1, -0.05) is 0 Å². The Morgan fingerprint density at radius 1 is 1.41 bits per heavy atom. The lowest BCUT2D eigenvalue weighted by Crippen LogP contribution is -2.13. The summed E-state index contributed by atoms with van der Waals surface area (Å²) in [6, 6.07) is 5.58. The second-order valence-corrected chi connectivity index (χ2v) is 3.19. The van der Waals surface area contributed by atoms with Gasteiger partial charge >= 0.3 is 5.97 Å². The molecule has 0 atom stereocenters. The Balaban J connectivity index is 2.36. The van der Waals surface area contributed by atoms with Crippen molar-refractivity contribution in [3.63, 3.8) is 0 Å². The molecule has 0 N–H and O–H groups in total. The maximum absolute atomic E-state index is 12.8. The lowest BCUT2D eigenvalue weighted by molar-refractivity contribution is 0.0508. The van der Waals surface area contributed by atoms with Crippen molar-refractivity contribution in [2.75, 3.05) is 6.61 Å². The van der Waals surface area contributed by atoms with Gasteiger partial charge in [-0.3, -0.25) is 0 Å². The Kier molecular flexibility index (Phi) is 3.13. The van der Waals surface area contributed by atoms with E-state index in [9.17, 15) is 9.18 Å². The first-order valence-corrected chi connectivity index (χ1v) is 5.05. The number of nitrogens with zero attached hydrogens (tertiary/aromatic N) is 3. The van der Waals surface area contributed by atoms with Crippen molar-refractivity contribution in [2.45, 2.75) is 6.92 Å². The average molecular weight is 235 g/mol. The molecule has 0 aliphatic carbocycles. The maximum Gasteiger partial charge on any atom is 0.376 e. The maximum atomic E-state index is 12.8. The first-order valence-electron chi connectivity index (χ1n) is 5.05. The molecule has 0 fully saturated rings. The smallest absolute Gasteiger partial charge is 0.376 e. The first-order chi connectivity index (χ1) is 8.22. The zero-order valence-corrected chi connectivity index (χ0v) is 9.13. The SMILES string of the molecule is CCOC(=O)c1ncnn1-c1ccc(F)cc1. The Hall–Kier alpha value is -2.24. The van der Waals surface area contributed by atoms with E-state index in [2.05, 4.69) is 10.1 Å². The van der Waals surface area contributed by atoms with Gasteiger partial charge in [-0.25, -0.2) is 18.9 Å². The summed E-state index contributed by atoms with van der Waals surface area (Å²) in [6.45, 7) is 1.96. The number of ether oxygens (including phenoxy) is 1. The second kappa shape index (κ2) is 4.73. The van der Waals surface area contributed by atoms with Crippen LogP contribution in [0.4, 0.5) is 4.39 Å². The van der Waals surface area contributed by atoms with E-state index < -0.39 is 5.97 Å². The van der Waals surface area contributed by atoms with Crippen molar-refractivity contribution >= 4 is 5.97 Å². The lowest BCUT2D eigenvalue weighted by Gasteiger charge is -2.04. The summed E-state index contributed by atoms with van der Waals surface area (Å²) < 4.78 is 18.9. The highest BCUT2D eigenvalue weighted by molar-refractivity contribution is 5.85. The summed E-state index contributed by atoms with van der Waals surface area (Å²) in [4.78, 5) is 15.4. The molecule has 88 valence electrons. The molecule has 0 amide bonds. The van der Waals surface area contributed by atoms with E-state index in [1.165, 1.54) is 35.3 Å². The van der Waals surface area contributed by atoms with Gasteiger partial charge in [0.15, 0.2) is 0 Å². The number of hydrogen-bond acceptors (Lipinski definition) is 4. The number of esters is 1. The Bertz CT molecular complexity index is 522. The minimum atomic E-state index is -0.561.